The summed E-state index contributed by atoms with van der Waals surface area (Å²) < 4.78 is 5.42. The molecule has 27 heavy (non-hydrogen) atoms. The van der Waals surface area contributed by atoms with Crippen LogP contribution in [0.1, 0.15) is 30.4 Å². The molecule has 3 rings (SSSR count). The van der Waals surface area contributed by atoms with Crippen LogP contribution < -0.4 is 0 Å². The Balaban J connectivity index is 1.69. The summed E-state index contributed by atoms with van der Waals surface area (Å²) in [5.41, 5.74) is 0.428. The highest BCUT2D eigenvalue weighted by molar-refractivity contribution is 6.03. The van der Waals surface area contributed by atoms with Gasteiger partial charge in [0.15, 0.2) is 17.3 Å². The number of Topliss-reactive ketones (excluding diaryl/α,β-unsaturated/α-hetero) is 1. The molecule has 0 heterocycles. The van der Waals surface area contributed by atoms with Crippen molar-refractivity contribution in [2.45, 2.75) is 38.2 Å². The Hall–Kier alpha value is -2.95. The number of hydrogen-bond acceptors (Lipinski definition) is 4. The van der Waals surface area contributed by atoms with E-state index in [2.05, 4.69) is 0 Å². The molecule has 2 aromatic rings. The van der Waals surface area contributed by atoms with Gasteiger partial charge in [-0.15, -0.1) is 0 Å². The molecule has 0 spiro atoms. The third-order valence-corrected chi connectivity index (χ3v) is 4.93. The molecule has 1 fully saturated rings. The zero-order chi connectivity index (χ0) is 19.3. The van der Waals surface area contributed by atoms with Crippen molar-refractivity contribution in [3.8, 4) is 0 Å². The molecule has 0 radical (unpaired) electrons. The normalized spacial score (nSPS) is 15.6. The zero-order valence-corrected chi connectivity index (χ0v) is 15.0. The molecule has 1 atom stereocenters. The van der Waals surface area contributed by atoms with Crippen molar-refractivity contribution < 1.29 is 24.2 Å². The second-order valence-electron chi connectivity index (χ2n) is 6.92. The molecule has 1 unspecified atom stereocenters. The minimum Gasteiger partial charge on any atom is -0.480 e. The van der Waals surface area contributed by atoms with Crippen LogP contribution in [0.3, 0.4) is 0 Å². The number of rotatable bonds is 9. The molecule has 0 aromatic heterocycles. The van der Waals surface area contributed by atoms with Gasteiger partial charge >= 0.3 is 11.9 Å². The summed E-state index contributed by atoms with van der Waals surface area (Å²) in [6, 6.07) is 18.9. The van der Waals surface area contributed by atoms with Crippen molar-refractivity contribution in [3.05, 3.63) is 71.8 Å². The fraction of sp³-hybridized carbons (Fsp3) is 0.318. The second-order valence-corrected chi connectivity index (χ2v) is 6.92. The average Bonchev–Trinajstić information content (AvgIpc) is 3.49. The Labute approximate surface area is 158 Å². The minimum absolute atomic E-state index is 0.197. The Bertz CT molecular complexity index is 809. The molecular weight excluding hydrogens is 344 g/mol. The summed E-state index contributed by atoms with van der Waals surface area (Å²) in [7, 11) is 0. The van der Waals surface area contributed by atoms with Crippen LogP contribution in [-0.4, -0.2) is 28.9 Å². The van der Waals surface area contributed by atoms with E-state index in [4.69, 9.17) is 4.74 Å². The van der Waals surface area contributed by atoms with Crippen molar-refractivity contribution in [2.75, 3.05) is 0 Å². The largest absolute Gasteiger partial charge is 0.480 e. The molecule has 0 bridgehead atoms. The maximum absolute atomic E-state index is 12.7. The molecule has 0 amide bonds. The lowest BCUT2D eigenvalue weighted by Gasteiger charge is -2.19. The summed E-state index contributed by atoms with van der Waals surface area (Å²) >= 11 is 0. The lowest BCUT2D eigenvalue weighted by atomic mass is 9.99. The summed E-state index contributed by atoms with van der Waals surface area (Å²) in [6.07, 6.45) is 0.576. The summed E-state index contributed by atoms with van der Waals surface area (Å²) in [5, 5.41) is 9.28. The number of ether oxygens (including phenoxy) is 1. The van der Waals surface area contributed by atoms with Gasteiger partial charge in [-0.05, 0) is 30.4 Å². The molecule has 5 heteroatoms. The Morgan fingerprint density at radius 1 is 0.926 bits per heavy atom. The van der Waals surface area contributed by atoms with Crippen LogP contribution in [0.4, 0.5) is 0 Å². The number of aryl methyl sites for hydroxylation is 1. The minimum atomic E-state index is -1.46. The van der Waals surface area contributed by atoms with E-state index in [9.17, 15) is 19.5 Å². The zero-order valence-electron chi connectivity index (χ0n) is 15.0. The Kier molecular flexibility index (Phi) is 5.69. The SMILES string of the molecule is O=C(CCc1ccccc1)C(Cc1ccccc1)OC(=O)C1(C(=O)O)CC1. The van der Waals surface area contributed by atoms with E-state index in [1.165, 1.54) is 0 Å². The molecule has 5 nitrogen and oxygen atoms in total. The summed E-state index contributed by atoms with van der Waals surface area (Å²) in [4.78, 5) is 36.5. The van der Waals surface area contributed by atoms with Crippen LogP contribution in [0.2, 0.25) is 0 Å². The Morgan fingerprint density at radius 2 is 1.48 bits per heavy atom. The van der Waals surface area contributed by atoms with Gasteiger partial charge in [-0.2, -0.15) is 0 Å². The summed E-state index contributed by atoms with van der Waals surface area (Å²) in [6.45, 7) is 0. The van der Waals surface area contributed by atoms with Crippen LogP contribution in [0, 0.1) is 5.41 Å². The number of esters is 1. The lowest BCUT2D eigenvalue weighted by molar-refractivity contribution is -0.167. The highest BCUT2D eigenvalue weighted by Crippen LogP contribution is 2.47. The highest BCUT2D eigenvalue weighted by atomic mass is 16.6. The van der Waals surface area contributed by atoms with Gasteiger partial charge in [0.2, 0.25) is 0 Å². The molecule has 1 aliphatic carbocycles. The standard InChI is InChI=1S/C22H22O5/c23-18(12-11-16-7-3-1-4-8-16)19(15-17-9-5-2-6-10-17)27-21(26)22(13-14-22)20(24)25/h1-10,19H,11-15H2,(H,24,25). The molecule has 2 aromatic carbocycles. The monoisotopic (exact) mass is 366 g/mol. The van der Waals surface area contributed by atoms with Crippen LogP contribution in [0.25, 0.3) is 0 Å². The van der Waals surface area contributed by atoms with Gasteiger partial charge in [0, 0.05) is 12.8 Å². The lowest BCUT2D eigenvalue weighted by Crippen LogP contribution is -2.36. The first-order chi connectivity index (χ1) is 13.0. The molecule has 1 saturated carbocycles. The number of ketones is 1. The van der Waals surface area contributed by atoms with Crippen LogP contribution in [0.5, 0.6) is 0 Å². The third kappa shape index (κ3) is 4.61. The van der Waals surface area contributed by atoms with E-state index < -0.39 is 23.5 Å². The quantitative estimate of drug-likeness (QED) is 0.544. The first kappa shape index (κ1) is 18.8. The predicted octanol–water partition coefficient (Wildman–Crippen LogP) is 3.21. The van der Waals surface area contributed by atoms with E-state index in [1.54, 1.807) is 0 Å². The van der Waals surface area contributed by atoms with Gasteiger partial charge in [0.05, 0.1) is 0 Å². The number of carboxylic acid groups (broad SMARTS) is 1. The van der Waals surface area contributed by atoms with E-state index in [0.717, 1.165) is 11.1 Å². The Morgan fingerprint density at radius 3 is 2.00 bits per heavy atom. The van der Waals surface area contributed by atoms with Crippen molar-refractivity contribution >= 4 is 17.7 Å². The third-order valence-electron chi connectivity index (χ3n) is 4.93. The van der Waals surface area contributed by atoms with Crippen LogP contribution in [0.15, 0.2) is 60.7 Å². The fourth-order valence-corrected chi connectivity index (χ4v) is 2.99. The van der Waals surface area contributed by atoms with E-state index in [-0.39, 0.29) is 31.5 Å². The first-order valence-electron chi connectivity index (χ1n) is 9.06. The molecule has 0 saturated heterocycles. The molecule has 140 valence electrons. The van der Waals surface area contributed by atoms with Crippen LogP contribution in [-0.2, 0) is 32.0 Å². The number of aliphatic carboxylic acids is 1. The fourth-order valence-electron chi connectivity index (χ4n) is 2.99. The van der Waals surface area contributed by atoms with Gasteiger partial charge in [-0.3, -0.25) is 14.4 Å². The van der Waals surface area contributed by atoms with E-state index in [1.807, 2.05) is 60.7 Å². The van der Waals surface area contributed by atoms with Gasteiger partial charge in [-0.1, -0.05) is 60.7 Å². The topological polar surface area (TPSA) is 80.7 Å². The molecule has 1 N–H and O–H groups in total. The maximum Gasteiger partial charge on any atom is 0.324 e. The van der Waals surface area contributed by atoms with Gasteiger partial charge in [0.1, 0.15) is 0 Å². The number of carbonyl (C=O) groups is 3. The highest BCUT2D eigenvalue weighted by Gasteiger charge is 2.59. The van der Waals surface area contributed by atoms with Gasteiger partial charge in [0.25, 0.3) is 0 Å². The first-order valence-corrected chi connectivity index (χ1v) is 9.06. The predicted molar refractivity (Wildman–Crippen MR) is 99.1 cm³/mol. The molecule has 0 aliphatic heterocycles. The number of hydrogen-bond donors (Lipinski definition) is 1. The van der Waals surface area contributed by atoms with Crippen LogP contribution >= 0.6 is 0 Å². The van der Waals surface area contributed by atoms with Gasteiger partial charge < -0.3 is 9.84 Å². The van der Waals surface area contributed by atoms with Crippen molar-refractivity contribution in [2.24, 2.45) is 5.41 Å². The van der Waals surface area contributed by atoms with Crippen molar-refractivity contribution in [3.63, 3.8) is 0 Å². The number of carboxylic acids is 1. The number of carbonyl (C=O) groups excluding carboxylic acids is 2. The summed E-state index contributed by atoms with van der Waals surface area (Å²) in [5.74, 6) is -2.18. The number of benzene rings is 2. The van der Waals surface area contributed by atoms with Crippen molar-refractivity contribution in [1.29, 1.82) is 0 Å². The van der Waals surface area contributed by atoms with Gasteiger partial charge in [-0.25, -0.2) is 0 Å². The van der Waals surface area contributed by atoms with E-state index in [0.29, 0.717) is 6.42 Å². The van der Waals surface area contributed by atoms with Crippen molar-refractivity contribution in [1.82, 2.24) is 0 Å². The molecule has 1 aliphatic rings. The smallest absolute Gasteiger partial charge is 0.324 e. The van der Waals surface area contributed by atoms with E-state index >= 15 is 0 Å². The second kappa shape index (κ2) is 8.16. The maximum atomic E-state index is 12.7. The average molecular weight is 366 g/mol. The molecular formula is C22H22O5.